The van der Waals surface area contributed by atoms with Crippen molar-refractivity contribution >= 4 is 144 Å². The van der Waals surface area contributed by atoms with Crippen molar-refractivity contribution in [3.8, 4) is 22.9 Å². The van der Waals surface area contributed by atoms with E-state index < -0.39 is 0 Å². The summed E-state index contributed by atoms with van der Waals surface area (Å²) < 4.78 is 42.7. The molecule has 8 nitrogen and oxygen atoms in total. The van der Waals surface area contributed by atoms with E-state index in [2.05, 4.69) is 167 Å². The van der Waals surface area contributed by atoms with E-state index in [0.29, 0.717) is 11.5 Å². The molecule has 0 saturated carbocycles. The molecule has 0 unspecified atom stereocenters. The molecule has 0 aliphatic carbocycles. The molecule has 9 heteroatoms. The van der Waals surface area contributed by atoms with E-state index in [4.69, 9.17) is 26.0 Å². The van der Waals surface area contributed by atoms with E-state index in [9.17, 15) is 0 Å². The lowest BCUT2D eigenvalue weighted by molar-refractivity contribution is 0.541. The summed E-state index contributed by atoms with van der Waals surface area (Å²) in [5.74, 6) is 1.25. The van der Waals surface area contributed by atoms with Crippen LogP contribution in [0.4, 0.5) is 0 Å². The normalized spacial score (nSPS) is 12.4. The number of benzene rings is 10. The molecular formula is C60H32N2O6S. The number of para-hydroxylation sites is 4. The lowest BCUT2D eigenvalue weighted by atomic mass is 10.1. The highest BCUT2D eigenvalue weighted by atomic mass is 32.2. The lowest BCUT2D eigenvalue weighted by Gasteiger charge is -2.07. The van der Waals surface area contributed by atoms with Crippen molar-refractivity contribution in [1.29, 1.82) is 0 Å². The number of rotatable bonds is 6. The molecule has 0 N–H and O–H groups in total. The molecule has 324 valence electrons. The number of aromatic nitrogens is 2. The molecule has 0 aliphatic heterocycles. The second kappa shape index (κ2) is 13.8. The van der Waals surface area contributed by atoms with Gasteiger partial charge in [-0.25, -0.2) is 0 Å². The van der Waals surface area contributed by atoms with Crippen LogP contribution in [-0.4, -0.2) is 9.13 Å². The molecule has 10 aromatic carbocycles. The monoisotopic (exact) mass is 908 g/mol. The Morgan fingerprint density at radius 2 is 0.551 bits per heavy atom. The van der Waals surface area contributed by atoms with Gasteiger partial charge >= 0.3 is 0 Å². The Balaban J connectivity index is 0.691. The average Bonchev–Trinajstić information content (AvgIpc) is 4.24. The maximum absolute atomic E-state index is 6.48. The Morgan fingerprint density at radius 3 is 0.899 bits per heavy atom. The lowest BCUT2D eigenvalue weighted by Crippen LogP contribution is -1.93. The van der Waals surface area contributed by atoms with E-state index in [0.717, 1.165) is 134 Å². The Bertz CT molecular complexity index is 4440. The highest BCUT2D eigenvalue weighted by molar-refractivity contribution is 7.90. The van der Waals surface area contributed by atoms with Gasteiger partial charge in [0.25, 0.3) is 12.3 Å². The fraction of sp³-hybridized carbons (Fsp3) is 0. The van der Waals surface area contributed by atoms with Crippen LogP contribution in [0.1, 0.15) is 0 Å². The van der Waals surface area contributed by atoms with Crippen LogP contribution >= 0.6 is 12.3 Å². The number of hydrogen-bond acceptors (Lipinski definition) is 7. The third-order valence-electron chi connectivity index (χ3n) is 14.0. The van der Waals surface area contributed by atoms with Crippen molar-refractivity contribution in [2.24, 2.45) is 0 Å². The molecular weight excluding hydrogens is 877 g/mol. The molecule has 0 bridgehead atoms. The Morgan fingerprint density at radius 1 is 0.261 bits per heavy atom. The van der Waals surface area contributed by atoms with Crippen molar-refractivity contribution < 1.29 is 26.0 Å². The van der Waals surface area contributed by atoms with Gasteiger partial charge in [0, 0.05) is 76.0 Å². The molecule has 0 amide bonds. The van der Waals surface area contributed by atoms with Gasteiger partial charge in [-0.05, 0) is 121 Å². The molecule has 0 saturated heterocycles. The summed E-state index contributed by atoms with van der Waals surface area (Å²) in [5.41, 5.74) is 13.1. The summed E-state index contributed by atoms with van der Waals surface area (Å²) >= 11 is 0.904. The Labute approximate surface area is 394 Å². The first-order valence-electron chi connectivity index (χ1n) is 22.8. The predicted molar refractivity (Wildman–Crippen MR) is 280 cm³/mol. The first-order chi connectivity index (χ1) is 34.1. The van der Waals surface area contributed by atoms with Crippen LogP contribution in [0.3, 0.4) is 0 Å². The molecule has 0 fully saturated rings. The molecule has 6 heterocycles. The van der Waals surface area contributed by atoms with E-state index in [1.165, 1.54) is 21.5 Å². The molecule has 16 rings (SSSR count). The highest BCUT2D eigenvalue weighted by Crippen LogP contribution is 2.43. The van der Waals surface area contributed by atoms with E-state index >= 15 is 0 Å². The van der Waals surface area contributed by atoms with Gasteiger partial charge < -0.3 is 35.2 Å². The van der Waals surface area contributed by atoms with Crippen LogP contribution in [0.25, 0.3) is 143 Å². The minimum atomic E-state index is 0.624. The van der Waals surface area contributed by atoms with Crippen molar-refractivity contribution in [1.82, 2.24) is 9.13 Å². The van der Waals surface area contributed by atoms with Gasteiger partial charge in [0.05, 0.1) is 22.1 Å². The van der Waals surface area contributed by atoms with E-state index in [1.807, 2.05) is 36.4 Å². The molecule has 0 spiro atoms. The summed E-state index contributed by atoms with van der Waals surface area (Å²) in [6, 6.07) is 66.9. The molecule has 69 heavy (non-hydrogen) atoms. The fourth-order valence-corrected chi connectivity index (χ4v) is 11.3. The summed E-state index contributed by atoms with van der Waals surface area (Å²) in [4.78, 5) is 0. The Hall–Kier alpha value is -9.05. The summed E-state index contributed by atoms with van der Waals surface area (Å²) in [6.45, 7) is 0. The summed E-state index contributed by atoms with van der Waals surface area (Å²) in [7, 11) is 0. The first-order valence-corrected chi connectivity index (χ1v) is 23.5. The number of fused-ring (bicyclic) bond motifs is 18. The van der Waals surface area contributed by atoms with Gasteiger partial charge in [-0.1, -0.05) is 72.8 Å². The van der Waals surface area contributed by atoms with Crippen molar-refractivity contribution in [3.63, 3.8) is 0 Å². The SMILES string of the molecule is c1ccc2c(c1)c1ccccc1n2-c1ccc2oc3cc4c(cc3c2c1)oc1ccc(OSOc2ccc3oc5cc6c(cc5c3c2)oc2ccc(-n3c5ccccc5c5ccccc53)cc26)cc14. The quantitative estimate of drug-likeness (QED) is 0.154. The summed E-state index contributed by atoms with van der Waals surface area (Å²) in [5, 5.41) is 12.7. The number of hydrogen-bond donors (Lipinski definition) is 0. The standard InChI is InChI=1S/C60H32N2O6S/c1-5-13-49-37(9-1)38-10-2-6-14-50(38)61(49)33-17-21-53-41(25-33)45-29-59-47(31-57(45)63-53)43-27-35(19-23-55(43)65-59)67-69-68-36-20-24-56-44(28-36)48-32-58-46(30-60(48)66-56)42-26-34(18-22-54(42)64-58)62-51-15-7-3-11-39(51)40-12-4-8-16-52(40)62/h1-32H. The van der Waals surface area contributed by atoms with Gasteiger partial charge in [-0.3, -0.25) is 0 Å². The van der Waals surface area contributed by atoms with Gasteiger partial charge in [0.15, 0.2) is 0 Å². The smallest absolute Gasteiger partial charge is 0.293 e. The van der Waals surface area contributed by atoms with E-state index in [1.54, 1.807) is 0 Å². The van der Waals surface area contributed by atoms with Crippen LogP contribution < -0.4 is 8.37 Å². The third-order valence-corrected chi connectivity index (χ3v) is 14.5. The second-order valence-electron chi connectivity index (χ2n) is 17.7. The maximum Gasteiger partial charge on any atom is 0.293 e. The molecule has 0 atom stereocenters. The number of nitrogens with zero attached hydrogens (tertiary/aromatic N) is 2. The van der Waals surface area contributed by atoms with E-state index in [-0.39, 0.29) is 0 Å². The number of furan rings is 4. The Kier molecular flexibility index (Phi) is 7.40. The van der Waals surface area contributed by atoms with Crippen molar-refractivity contribution in [2.75, 3.05) is 0 Å². The highest BCUT2D eigenvalue weighted by Gasteiger charge is 2.20. The zero-order valence-corrected chi connectivity index (χ0v) is 37.0. The minimum absolute atomic E-state index is 0.624. The minimum Gasteiger partial charge on any atom is -0.456 e. The largest absolute Gasteiger partial charge is 0.456 e. The molecule has 0 aliphatic rings. The van der Waals surface area contributed by atoms with Crippen molar-refractivity contribution in [2.45, 2.75) is 0 Å². The first kappa shape index (κ1) is 37.1. The maximum atomic E-state index is 6.48. The third kappa shape index (κ3) is 5.36. The molecule has 0 radical (unpaired) electrons. The molecule has 16 aromatic rings. The van der Waals surface area contributed by atoms with Crippen molar-refractivity contribution in [3.05, 3.63) is 194 Å². The topological polar surface area (TPSA) is 80.9 Å². The second-order valence-corrected chi connectivity index (χ2v) is 18.2. The van der Waals surface area contributed by atoms with Gasteiger partial charge in [0.1, 0.15) is 56.2 Å². The predicted octanol–water partition coefficient (Wildman–Crippen LogP) is 17.5. The van der Waals surface area contributed by atoms with Gasteiger partial charge in [-0.2, -0.15) is 0 Å². The summed E-state index contributed by atoms with van der Waals surface area (Å²) in [6.07, 6.45) is 0. The van der Waals surface area contributed by atoms with Crippen LogP contribution in [0.5, 0.6) is 11.5 Å². The van der Waals surface area contributed by atoms with Gasteiger partial charge in [-0.15, -0.1) is 0 Å². The van der Waals surface area contributed by atoms with Crippen LogP contribution in [0.2, 0.25) is 0 Å². The van der Waals surface area contributed by atoms with Gasteiger partial charge in [0.2, 0.25) is 0 Å². The van der Waals surface area contributed by atoms with Crippen LogP contribution in [-0.2, 0) is 0 Å². The fourth-order valence-electron chi connectivity index (χ4n) is 10.9. The molecule has 6 aromatic heterocycles. The zero-order valence-electron chi connectivity index (χ0n) is 36.2. The zero-order chi connectivity index (χ0) is 44.9. The van der Waals surface area contributed by atoms with Crippen LogP contribution in [0, 0.1) is 0 Å². The average molecular weight is 909 g/mol. The van der Waals surface area contributed by atoms with Crippen LogP contribution in [0.15, 0.2) is 212 Å².